The third-order valence-electron chi connectivity index (χ3n) is 3.64. The smallest absolute Gasteiger partial charge is 0.272 e. The van der Waals surface area contributed by atoms with E-state index in [0.29, 0.717) is 17.3 Å². The number of hydrogen-bond acceptors (Lipinski definition) is 3. The maximum Gasteiger partial charge on any atom is 0.272 e. The maximum atomic E-state index is 12.1. The standard InChI is InChI=1S/C15H18N4O/c1-10(11-5-6-11)17-15(20)14-7-8-19(18-14)13-4-2-3-12(16)9-13/h2-4,7-11H,5-6,16H2,1H3,(H,17,20). The summed E-state index contributed by atoms with van der Waals surface area (Å²) in [7, 11) is 0. The lowest BCUT2D eigenvalue weighted by molar-refractivity contribution is 0.0930. The first-order valence-corrected chi connectivity index (χ1v) is 6.86. The van der Waals surface area contributed by atoms with Gasteiger partial charge >= 0.3 is 0 Å². The Labute approximate surface area is 117 Å². The minimum atomic E-state index is -0.118. The summed E-state index contributed by atoms with van der Waals surface area (Å²) in [5, 5.41) is 7.30. The van der Waals surface area contributed by atoms with Gasteiger partial charge in [0.2, 0.25) is 0 Å². The van der Waals surface area contributed by atoms with Crippen molar-refractivity contribution in [3.05, 3.63) is 42.2 Å². The topological polar surface area (TPSA) is 72.9 Å². The highest BCUT2D eigenvalue weighted by Crippen LogP contribution is 2.32. The molecule has 1 saturated carbocycles. The van der Waals surface area contributed by atoms with E-state index < -0.39 is 0 Å². The second-order valence-corrected chi connectivity index (χ2v) is 5.34. The minimum Gasteiger partial charge on any atom is -0.399 e. The van der Waals surface area contributed by atoms with Gasteiger partial charge in [0.15, 0.2) is 5.69 Å². The Balaban J connectivity index is 1.74. The molecule has 3 N–H and O–H groups in total. The minimum absolute atomic E-state index is 0.118. The van der Waals surface area contributed by atoms with Crippen molar-refractivity contribution < 1.29 is 4.79 Å². The van der Waals surface area contributed by atoms with Crippen LogP contribution >= 0.6 is 0 Å². The first kappa shape index (κ1) is 12.7. The van der Waals surface area contributed by atoms with Crippen molar-refractivity contribution >= 4 is 11.6 Å². The van der Waals surface area contributed by atoms with E-state index in [9.17, 15) is 4.79 Å². The van der Waals surface area contributed by atoms with E-state index in [2.05, 4.69) is 10.4 Å². The van der Waals surface area contributed by atoms with E-state index >= 15 is 0 Å². The summed E-state index contributed by atoms with van der Waals surface area (Å²) in [5.41, 5.74) is 7.70. The molecular formula is C15H18N4O. The van der Waals surface area contributed by atoms with Gasteiger partial charge < -0.3 is 11.1 Å². The van der Waals surface area contributed by atoms with E-state index in [4.69, 9.17) is 5.73 Å². The lowest BCUT2D eigenvalue weighted by Gasteiger charge is -2.11. The molecule has 20 heavy (non-hydrogen) atoms. The summed E-state index contributed by atoms with van der Waals surface area (Å²) >= 11 is 0. The average Bonchev–Trinajstić information content (AvgIpc) is 3.16. The van der Waals surface area contributed by atoms with Crippen molar-refractivity contribution in [2.45, 2.75) is 25.8 Å². The number of amides is 1. The molecule has 3 rings (SSSR count). The molecule has 1 aromatic carbocycles. The summed E-state index contributed by atoms with van der Waals surface area (Å²) in [6.07, 6.45) is 4.18. The molecule has 1 atom stereocenters. The van der Waals surface area contributed by atoms with Gasteiger partial charge in [0.05, 0.1) is 5.69 Å². The zero-order valence-corrected chi connectivity index (χ0v) is 11.4. The van der Waals surface area contributed by atoms with Crippen molar-refractivity contribution in [1.29, 1.82) is 0 Å². The second-order valence-electron chi connectivity index (χ2n) is 5.34. The predicted octanol–water partition coefficient (Wildman–Crippen LogP) is 1.98. The quantitative estimate of drug-likeness (QED) is 0.834. The molecule has 1 aliphatic rings. The third kappa shape index (κ3) is 2.66. The van der Waals surface area contributed by atoms with Crippen LogP contribution in [0.3, 0.4) is 0 Å². The first-order valence-electron chi connectivity index (χ1n) is 6.86. The van der Waals surface area contributed by atoms with Crippen molar-refractivity contribution in [2.75, 3.05) is 5.73 Å². The lowest BCUT2D eigenvalue weighted by atomic mass is 10.2. The summed E-state index contributed by atoms with van der Waals surface area (Å²) < 4.78 is 1.66. The highest BCUT2D eigenvalue weighted by atomic mass is 16.2. The normalized spacial score (nSPS) is 15.8. The van der Waals surface area contributed by atoms with Crippen molar-refractivity contribution in [3.63, 3.8) is 0 Å². The fourth-order valence-electron chi connectivity index (χ4n) is 2.25. The second kappa shape index (κ2) is 5.00. The Bertz CT molecular complexity index is 630. The molecule has 0 saturated heterocycles. The van der Waals surface area contributed by atoms with Crippen molar-refractivity contribution in [3.8, 4) is 5.69 Å². The number of hydrogen-bond donors (Lipinski definition) is 2. The molecule has 1 fully saturated rings. The van der Waals surface area contributed by atoms with E-state index in [0.717, 1.165) is 5.69 Å². The lowest BCUT2D eigenvalue weighted by Crippen LogP contribution is -2.34. The number of carbonyl (C=O) groups excluding carboxylic acids is 1. The highest BCUT2D eigenvalue weighted by Gasteiger charge is 2.29. The maximum absolute atomic E-state index is 12.1. The van der Waals surface area contributed by atoms with E-state index in [-0.39, 0.29) is 11.9 Å². The molecule has 1 heterocycles. The van der Waals surface area contributed by atoms with Gasteiger partial charge in [0, 0.05) is 17.9 Å². The third-order valence-corrected chi connectivity index (χ3v) is 3.64. The Morgan fingerprint density at radius 1 is 1.45 bits per heavy atom. The summed E-state index contributed by atoms with van der Waals surface area (Å²) in [5.74, 6) is 0.516. The van der Waals surface area contributed by atoms with Gasteiger partial charge in [-0.2, -0.15) is 5.10 Å². The van der Waals surface area contributed by atoms with Gasteiger partial charge in [-0.3, -0.25) is 4.79 Å². The molecule has 0 spiro atoms. The molecule has 1 unspecified atom stereocenters. The van der Waals surface area contributed by atoms with Gasteiger partial charge in [-0.15, -0.1) is 0 Å². The van der Waals surface area contributed by atoms with Crippen LogP contribution in [0, 0.1) is 5.92 Å². The van der Waals surface area contributed by atoms with Crippen LogP contribution in [0.15, 0.2) is 36.5 Å². The van der Waals surface area contributed by atoms with Crippen molar-refractivity contribution in [1.82, 2.24) is 15.1 Å². The zero-order chi connectivity index (χ0) is 14.1. The Kier molecular flexibility index (Phi) is 3.18. The Morgan fingerprint density at radius 2 is 2.25 bits per heavy atom. The van der Waals surface area contributed by atoms with Crippen LogP contribution in [0.5, 0.6) is 0 Å². The molecule has 5 nitrogen and oxygen atoms in total. The molecule has 0 radical (unpaired) electrons. The summed E-state index contributed by atoms with van der Waals surface area (Å²) in [6, 6.07) is 9.34. The summed E-state index contributed by atoms with van der Waals surface area (Å²) in [6.45, 7) is 2.05. The fourth-order valence-corrected chi connectivity index (χ4v) is 2.25. The number of nitrogen functional groups attached to an aromatic ring is 1. The number of rotatable bonds is 4. The molecular weight excluding hydrogens is 252 g/mol. The van der Waals surface area contributed by atoms with Gasteiger partial charge in [0.1, 0.15) is 0 Å². The SMILES string of the molecule is CC(NC(=O)c1ccn(-c2cccc(N)c2)n1)C1CC1. The van der Waals surface area contributed by atoms with Crippen LogP contribution in [-0.2, 0) is 0 Å². The van der Waals surface area contributed by atoms with Crippen LogP contribution in [0.2, 0.25) is 0 Å². The monoisotopic (exact) mass is 270 g/mol. The molecule has 104 valence electrons. The van der Waals surface area contributed by atoms with Gasteiger partial charge in [-0.05, 0) is 49.9 Å². The van der Waals surface area contributed by atoms with Gasteiger partial charge in [-0.25, -0.2) is 4.68 Å². The Morgan fingerprint density at radius 3 is 2.95 bits per heavy atom. The van der Waals surface area contributed by atoms with E-state index in [1.807, 2.05) is 31.2 Å². The van der Waals surface area contributed by atoms with Crippen LogP contribution in [0.25, 0.3) is 5.69 Å². The number of anilines is 1. The molecule has 0 bridgehead atoms. The van der Waals surface area contributed by atoms with Gasteiger partial charge in [-0.1, -0.05) is 6.07 Å². The van der Waals surface area contributed by atoms with E-state index in [1.165, 1.54) is 12.8 Å². The number of benzene rings is 1. The van der Waals surface area contributed by atoms with E-state index in [1.54, 1.807) is 16.9 Å². The molecule has 0 aliphatic heterocycles. The van der Waals surface area contributed by atoms with Crippen LogP contribution in [0.4, 0.5) is 5.69 Å². The van der Waals surface area contributed by atoms with Crippen molar-refractivity contribution in [2.24, 2.45) is 5.92 Å². The molecule has 2 aromatic rings. The largest absolute Gasteiger partial charge is 0.399 e. The molecule has 1 aliphatic carbocycles. The first-order chi connectivity index (χ1) is 9.63. The number of aromatic nitrogens is 2. The number of nitrogens with zero attached hydrogens (tertiary/aromatic N) is 2. The number of nitrogens with one attached hydrogen (secondary N) is 1. The number of nitrogens with two attached hydrogens (primary N) is 1. The average molecular weight is 270 g/mol. The molecule has 5 heteroatoms. The Hall–Kier alpha value is -2.30. The molecule has 1 aromatic heterocycles. The van der Waals surface area contributed by atoms with Crippen LogP contribution in [0.1, 0.15) is 30.3 Å². The predicted molar refractivity (Wildman–Crippen MR) is 77.6 cm³/mol. The fraction of sp³-hybridized carbons (Fsp3) is 0.333. The van der Waals surface area contributed by atoms with Gasteiger partial charge in [0.25, 0.3) is 5.91 Å². The highest BCUT2D eigenvalue weighted by molar-refractivity contribution is 5.92. The number of carbonyl (C=O) groups is 1. The zero-order valence-electron chi connectivity index (χ0n) is 11.4. The molecule has 1 amide bonds. The van der Waals surface area contributed by atoms with Crippen LogP contribution in [-0.4, -0.2) is 21.7 Å². The summed E-state index contributed by atoms with van der Waals surface area (Å²) in [4.78, 5) is 12.1. The van der Waals surface area contributed by atoms with Crippen LogP contribution < -0.4 is 11.1 Å².